The molecular weight excluding hydrogens is 366 g/mol. The van der Waals surface area contributed by atoms with Crippen molar-refractivity contribution in [3.8, 4) is 0 Å². The third kappa shape index (κ3) is 3.36. The van der Waals surface area contributed by atoms with Crippen LogP contribution in [-0.2, 0) is 19.1 Å². The number of thiophene rings is 1. The summed E-state index contributed by atoms with van der Waals surface area (Å²) in [7, 11) is 0. The molecule has 2 aliphatic heterocycles. The predicted molar refractivity (Wildman–Crippen MR) is 93.2 cm³/mol. The third-order valence-corrected chi connectivity index (χ3v) is 6.58. The monoisotopic (exact) mass is 383 g/mol. The van der Waals surface area contributed by atoms with Crippen LogP contribution in [0.2, 0.25) is 0 Å². The number of ether oxygens (including phenoxy) is 1. The van der Waals surface area contributed by atoms with Crippen LogP contribution in [0.3, 0.4) is 0 Å². The lowest BCUT2D eigenvalue weighted by Crippen LogP contribution is -2.47. The summed E-state index contributed by atoms with van der Waals surface area (Å²) in [6.45, 7) is 1.44. The molecule has 2 fully saturated rings. The van der Waals surface area contributed by atoms with Crippen molar-refractivity contribution in [1.29, 1.82) is 0 Å². The zero-order chi connectivity index (χ0) is 18.2. The van der Waals surface area contributed by atoms with Crippen molar-refractivity contribution in [1.82, 2.24) is 4.90 Å². The molecule has 0 saturated carbocycles. The standard InChI is InChI=1S/C15H17N3O5S2/c1-15-4-2-11(20)18(15)9(7-25-15)14(22)23-6-10(19)17-13-8(12(16)21)3-5-24-13/h3,5,9H,2,4,6-7H2,1H3,(H2,16,21)(H,17,19)/t9-,15-/m1/s1. The number of esters is 1. The van der Waals surface area contributed by atoms with Gasteiger partial charge in [0.05, 0.1) is 10.4 Å². The quantitative estimate of drug-likeness (QED) is 0.726. The van der Waals surface area contributed by atoms with Crippen molar-refractivity contribution in [2.24, 2.45) is 5.73 Å². The molecule has 25 heavy (non-hydrogen) atoms. The predicted octanol–water partition coefficient (Wildman–Crippen LogP) is 0.783. The van der Waals surface area contributed by atoms with Gasteiger partial charge in [-0.3, -0.25) is 14.4 Å². The van der Waals surface area contributed by atoms with Gasteiger partial charge in [-0.15, -0.1) is 23.1 Å². The van der Waals surface area contributed by atoms with Crippen LogP contribution >= 0.6 is 23.1 Å². The number of fused-ring (bicyclic) bond motifs is 1. The van der Waals surface area contributed by atoms with Gasteiger partial charge in [0.15, 0.2) is 6.61 Å². The number of thioether (sulfide) groups is 1. The molecule has 1 aromatic heterocycles. The highest BCUT2D eigenvalue weighted by atomic mass is 32.2. The van der Waals surface area contributed by atoms with Gasteiger partial charge in [0, 0.05) is 12.2 Å². The van der Waals surface area contributed by atoms with Gasteiger partial charge >= 0.3 is 5.97 Å². The van der Waals surface area contributed by atoms with Crippen molar-refractivity contribution in [3.05, 3.63) is 17.0 Å². The van der Waals surface area contributed by atoms with Crippen molar-refractivity contribution in [2.45, 2.75) is 30.7 Å². The highest BCUT2D eigenvalue weighted by molar-refractivity contribution is 8.01. The van der Waals surface area contributed by atoms with Crippen molar-refractivity contribution < 1.29 is 23.9 Å². The maximum atomic E-state index is 12.3. The van der Waals surface area contributed by atoms with E-state index in [2.05, 4.69) is 5.32 Å². The molecule has 8 nitrogen and oxygen atoms in total. The van der Waals surface area contributed by atoms with Gasteiger partial charge in [-0.25, -0.2) is 4.79 Å². The molecule has 0 spiro atoms. The van der Waals surface area contributed by atoms with E-state index in [0.29, 0.717) is 23.6 Å². The normalized spacial score (nSPS) is 24.9. The van der Waals surface area contributed by atoms with E-state index in [9.17, 15) is 19.2 Å². The Kier molecular flexibility index (Phi) is 4.74. The largest absolute Gasteiger partial charge is 0.454 e. The Morgan fingerprint density at radius 1 is 1.48 bits per heavy atom. The molecule has 2 atom stereocenters. The van der Waals surface area contributed by atoms with E-state index in [1.165, 1.54) is 6.07 Å². The molecule has 2 aliphatic rings. The van der Waals surface area contributed by atoms with E-state index in [1.54, 1.807) is 22.0 Å². The van der Waals surface area contributed by atoms with E-state index >= 15 is 0 Å². The Morgan fingerprint density at radius 3 is 2.96 bits per heavy atom. The molecule has 0 aliphatic carbocycles. The summed E-state index contributed by atoms with van der Waals surface area (Å²) >= 11 is 2.70. The van der Waals surface area contributed by atoms with Crippen molar-refractivity contribution in [3.63, 3.8) is 0 Å². The smallest absolute Gasteiger partial charge is 0.330 e. The van der Waals surface area contributed by atoms with E-state index in [-0.39, 0.29) is 16.3 Å². The molecule has 0 unspecified atom stereocenters. The van der Waals surface area contributed by atoms with Crippen LogP contribution in [0.1, 0.15) is 30.1 Å². The summed E-state index contributed by atoms with van der Waals surface area (Å²) in [5.74, 6) is -1.42. The average molecular weight is 383 g/mol. The fraction of sp³-hybridized carbons (Fsp3) is 0.467. The number of carbonyl (C=O) groups is 4. The highest BCUT2D eigenvalue weighted by Gasteiger charge is 2.53. The van der Waals surface area contributed by atoms with E-state index in [1.807, 2.05) is 6.92 Å². The second-order valence-electron chi connectivity index (χ2n) is 5.95. The molecule has 2 saturated heterocycles. The van der Waals surface area contributed by atoms with Gasteiger partial charge < -0.3 is 20.7 Å². The van der Waals surface area contributed by atoms with E-state index in [0.717, 1.165) is 11.3 Å². The van der Waals surface area contributed by atoms with Crippen LogP contribution in [0.15, 0.2) is 11.4 Å². The number of primary amides is 1. The van der Waals surface area contributed by atoms with Gasteiger partial charge in [0.2, 0.25) is 5.91 Å². The minimum atomic E-state index is -0.666. The molecule has 0 aromatic carbocycles. The van der Waals surface area contributed by atoms with Crippen LogP contribution < -0.4 is 11.1 Å². The highest BCUT2D eigenvalue weighted by Crippen LogP contribution is 2.47. The summed E-state index contributed by atoms with van der Waals surface area (Å²) < 4.78 is 5.07. The van der Waals surface area contributed by atoms with Crippen LogP contribution in [0.25, 0.3) is 0 Å². The second-order valence-corrected chi connectivity index (χ2v) is 8.37. The fourth-order valence-electron chi connectivity index (χ4n) is 2.99. The minimum absolute atomic E-state index is 0.0661. The summed E-state index contributed by atoms with van der Waals surface area (Å²) in [5, 5.41) is 4.43. The maximum absolute atomic E-state index is 12.3. The average Bonchev–Trinajstić information content (AvgIpc) is 3.21. The number of nitrogens with zero attached hydrogens (tertiary/aromatic N) is 1. The first-order valence-electron chi connectivity index (χ1n) is 7.62. The molecular formula is C15H17N3O5S2. The SMILES string of the molecule is C[C@@]12CCC(=O)N1[C@@H](C(=O)OCC(=O)Nc1sccc1C(N)=O)CS2. The van der Waals surface area contributed by atoms with Gasteiger partial charge in [-0.1, -0.05) is 0 Å². The zero-order valence-electron chi connectivity index (χ0n) is 13.4. The van der Waals surface area contributed by atoms with Crippen LogP contribution in [0.5, 0.6) is 0 Å². The van der Waals surface area contributed by atoms with Gasteiger partial charge in [-0.2, -0.15) is 0 Å². The number of nitrogens with one attached hydrogen (secondary N) is 1. The Bertz CT molecular complexity index is 749. The Hall–Kier alpha value is -2.07. The molecule has 3 rings (SSSR count). The molecule has 1 aromatic rings. The topological polar surface area (TPSA) is 119 Å². The lowest BCUT2D eigenvalue weighted by Gasteiger charge is -2.29. The molecule has 3 amide bonds. The molecule has 3 N–H and O–H groups in total. The Labute approximate surface area is 152 Å². The van der Waals surface area contributed by atoms with Crippen LogP contribution in [0, 0.1) is 0 Å². The number of rotatable bonds is 5. The number of hydrogen-bond donors (Lipinski definition) is 2. The summed E-state index contributed by atoms with van der Waals surface area (Å²) in [6.07, 6.45) is 1.12. The number of amides is 3. The van der Waals surface area contributed by atoms with Crippen molar-refractivity contribution >= 4 is 51.8 Å². The first-order valence-corrected chi connectivity index (χ1v) is 9.48. The number of hydrogen-bond acceptors (Lipinski definition) is 7. The summed E-state index contributed by atoms with van der Waals surface area (Å²) in [4.78, 5) is 48.7. The maximum Gasteiger partial charge on any atom is 0.330 e. The fourth-order valence-corrected chi connectivity index (χ4v) is 5.22. The lowest BCUT2D eigenvalue weighted by molar-refractivity contribution is -0.155. The third-order valence-electron chi connectivity index (χ3n) is 4.25. The van der Waals surface area contributed by atoms with E-state index in [4.69, 9.17) is 10.5 Å². The lowest BCUT2D eigenvalue weighted by atomic mass is 10.2. The number of carbonyl (C=O) groups excluding carboxylic acids is 4. The molecule has 0 radical (unpaired) electrons. The molecule has 10 heteroatoms. The second kappa shape index (κ2) is 6.68. The van der Waals surface area contributed by atoms with Gasteiger partial charge in [0.25, 0.3) is 11.8 Å². The number of anilines is 1. The molecule has 134 valence electrons. The first kappa shape index (κ1) is 17.7. The van der Waals surface area contributed by atoms with Crippen molar-refractivity contribution in [2.75, 3.05) is 17.7 Å². The Morgan fingerprint density at radius 2 is 2.24 bits per heavy atom. The first-order chi connectivity index (χ1) is 11.8. The van der Waals surface area contributed by atoms with Crippen LogP contribution in [0.4, 0.5) is 5.00 Å². The van der Waals surface area contributed by atoms with Gasteiger partial charge in [0.1, 0.15) is 11.0 Å². The zero-order valence-corrected chi connectivity index (χ0v) is 15.1. The Balaban J connectivity index is 1.56. The summed E-state index contributed by atoms with van der Waals surface area (Å²) in [6, 6.07) is 0.838. The van der Waals surface area contributed by atoms with E-state index < -0.39 is 30.4 Å². The van der Waals surface area contributed by atoms with Crippen LogP contribution in [-0.4, -0.2) is 51.9 Å². The number of nitrogens with two attached hydrogens (primary N) is 1. The van der Waals surface area contributed by atoms with Gasteiger partial charge in [-0.05, 0) is 24.8 Å². The molecule has 0 bridgehead atoms. The molecule has 3 heterocycles. The minimum Gasteiger partial charge on any atom is -0.454 e. The summed E-state index contributed by atoms with van der Waals surface area (Å²) in [5.41, 5.74) is 5.41.